The van der Waals surface area contributed by atoms with E-state index in [0.717, 1.165) is 0 Å². The van der Waals surface area contributed by atoms with Crippen molar-refractivity contribution < 1.29 is 0 Å². The molecule has 0 aliphatic rings. The van der Waals surface area contributed by atoms with Crippen LogP contribution in [0.15, 0.2) is 18.5 Å². The maximum atomic E-state index is 3.12. The van der Waals surface area contributed by atoms with Gasteiger partial charge in [0.2, 0.25) is 0 Å². The minimum atomic E-state index is 1.25. The first-order valence-corrected chi connectivity index (χ1v) is 8.55. The Bertz CT molecular complexity index is 263. The molecule has 0 amide bonds. The zero-order chi connectivity index (χ0) is 13.6. The molecule has 19 heavy (non-hydrogen) atoms. The van der Waals surface area contributed by atoms with Crippen molar-refractivity contribution in [2.24, 2.45) is 0 Å². The standard InChI is InChI=1S/C18H33N/c1-2-3-4-5-6-7-8-9-10-11-12-13-14-18-15-16-19-17-18/h15-17,19H,2-14H2,1H3. The van der Waals surface area contributed by atoms with Crippen molar-refractivity contribution in [1.82, 2.24) is 4.98 Å². The van der Waals surface area contributed by atoms with Gasteiger partial charge in [-0.2, -0.15) is 0 Å². The van der Waals surface area contributed by atoms with Crippen molar-refractivity contribution in [3.63, 3.8) is 0 Å². The quantitative estimate of drug-likeness (QED) is 0.404. The van der Waals surface area contributed by atoms with Crippen molar-refractivity contribution in [1.29, 1.82) is 0 Å². The number of hydrogen-bond donors (Lipinski definition) is 1. The predicted molar refractivity (Wildman–Crippen MR) is 85.6 cm³/mol. The van der Waals surface area contributed by atoms with Gasteiger partial charge in [0.05, 0.1) is 0 Å². The molecule has 1 aromatic rings. The van der Waals surface area contributed by atoms with Crippen LogP contribution in [0.5, 0.6) is 0 Å². The Labute approximate surface area is 120 Å². The summed E-state index contributed by atoms with van der Waals surface area (Å²) >= 11 is 0. The summed E-state index contributed by atoms with van der Waals surface area (Å²) in [5.41, 5.74) is 1.46. The Morgan fingerprint density at radius 1 is 0.737 bits per heavy atom. The lowest BCUT2D eigenvalue weighted by atomic mass is 10.0. The highest BCUT2D eigenvalue weighted by Crippen LogP contribution is 2.12. The summed E-state index contributed by atoms with van der Waals surface area (Å²) < 4.78 is 0. The van der Waals surface area contributed by atoms with Gasteiger partial charge in [-0.05, 0) is 24.5 Å². The van der Waals surface area contributed by atoms with Crippen molar-refractivity contribution in [2.45, 2.75) is 90.4 Å². The van der Waals surface area contributed by atoms with Gasteiger partial charge in [0.25, 0.3) is 0 Å². The van der Waals surface area contributed by atoms with E-state index in [1.165, 1.54) is 89.0 Å². The number of aromatic nitrogens is 1. The zero-order valence-electron chi connectivity index (χ0n) is 12.9. The molecule has 0 fully saturated rings. The molecule has 0 bridgehead atoms. The van der Waals surface area contributed by atoms with Crippen LogP contribution < -0.4 is 0 Å². The summed E-state index contributed by atoms with van der Waals surface area (Å²) in [5, 5.41) is 0. The fourth-order valence-corrected chi connectivity index (χ4v) is 2.68. The van der Waals surface area contributed by atoms with Crippen LogP contribution in [0.3, 0.4) is 0 Å². The molecule has 110 valence electrons. The van der Waals surface area contributed by atoms with Crippen LogP contribution in [0.4, 0.5) is 0 Å². The van der Waals surface area contributed by atoms with Crippen molar-refractivity contribution in [2.75, 3.05) is 0 Å². The van der Waals surface area contributed by atoms with Crippen molar-refractivity contribution >= 4 is 0 Å². The highest BCUT2D eigenvalue weighted by atomic mass is 14.6. The van der Waals surface area contributed by atoms with Crippen LogP contribution in [0.2, 0.25) is 0 Å². The van der Waals surface area contributed by atoms with Gasteiger partial charge >= 0.3 is 0 Å². The van der Waals surface area contributed by atoms with Gasteiger partial charge in [-0.25, -0.2) is 0 Å². The molecule has 1 heterocycles. The van der Waals surface area contributed by atoms with E-state index in [1.54, 1.807) is 0 Å². The highest BCUT2D eigenvalue weighted by molar-refractivity contribution is 5.07. The number of unbranched alkanes of at least 4 members (excludes halogenated alkanes) is 11. The molecule has 0 unspecified atom stereocenters. The number of H-pyrrole nitrogens is 1. The third-order valence-electron chi connectivity index (χ3n) is 3.98. The summed E-state index contributed by atoms with van der Waals surface area (Å²) in [7, 11) is 0. The number of aromatic amines is 1. The molecule has 0 aliphatic carbocycles. The average molecular weight is 263 g/mol. The summed E-state index contributed by atoms with van der Waals surface area (Å²) in [6.07, 6.45) is 22.6. The molecule has 0 radical (unpaired) electrons. The Morgan fingerprint density at radius 2 is 1.26 bits per heavy atom. The molecule has 1 rings (SSSR count). The van der Waals surface area contributed by atoms with Gasteiger partial charge in [-0.1, -0.05) is 77.6 Å². The molecule has 0 saturated carbocycles. The lowest BCUT2D eigenvalue weighted by Crippen LogP contribution is -1.85. The molecular formula is C18H33N. The number of nitrogens with one attached hydrogen (secondary N) is 1. The van der Waals surface area contributed by atoms with E-state index >= 15 is 0 Å². The second-order valence-corrected chi connectivity index (χ2v) is 5.86. The predicted octanol–water partition coefficient (Wildman–Crippen LogP) is 6.26. The molecule has 0 aliphatic heterocycles. The average Bonchev–Trinajstić information content (AvgIpc) is 2.93. The van der Waals surface area contributed by atoms with Crippen LogP contribution >= 0.6 is 0 Å². The van der Waals surface area contributed by atoms with E-state index in [0.29, 0.717) is 0 Å². The zero-order valence-corrected chi connectivity index (χ0v) is 12.9. The molecular weight excluding hydrogens is 230 g/mol. The van der Waals surface area contributed by atoms with Crippen LogP contribution in [-0.2, 0) is 6.42 Å². The van der Waals surface area contributed by atoms with Gasteiger partial charge in [0.1, 0.15) is 0 Å². The van der Waals surface area contributed by atoms with Gasteiger partial charge in [-0.3, -0.25) is 0 Å². The Kier molecular flexibility index (Phi) is 10.6. The monoisotopic (exact) mass is 263 g/mol. The molecule has 0 aromatic carbocycles. The third-order valence-corrected chi connectivity index (χ3v) is 3.98. The topological polar surface area (TPSA) is 15.8 Å². The largest absolute Gasteiger partial charge is 0.367 e. The van der Waals surface area contributed by atoms with Crippen LogP contribution in [0, 0.1) is 0 Å². The highest BCUT2D eigenvalue weighted by Gasteiger charge is 1.95. The smallest absolute Gasteiger partial charge is 0.00373 e. The minimum absolute atomic E-state index is 1.25. The van der Waals surface area contributed by atoms with E-state index in [1.807, 2.05) is 6.20 Å². The molecule has 1 aromatic heterocycles. The summed E-state index contributed by atoms with van der Waals surface area (Å²) in [4.78, 5) is 3.12. The lowest BCUT2D eigenvalue weighted by molar-refractivity contribution is 0.544. The molecule has 1 N–H and O–H groups in total. The van der Waals surface area contributed by atoms with Crippen LogP contribution in [-0.4, -0.2) is 4.98 Å². The summed E-state index contributed by atoms with van der Waals surface area (Å²) in [5.74, 6) is 0. The summed E-state index contributed by atoms with van der Waals surface area (Å²) in [6.45, 7) is 2.29. The fraction of sp³-hybridized carbons (Fsp3) is 0.778. The van der Waals surface area contributed by atoms with Gasteiger partial charge in [0, 0.05) is 12.4 Å². The Balaban J connectivity index is 1.72. The number of aryl methyl sites for hydroxylation is 1. The Morgan fingerprint density at radius 3 is 1.74 bits per heavy atom. The molecule has 0 spiro atoms. The summed E-state index contributed by atoms with van der Waals surface area (Å²) in [6, 6.07) is 2.19. The van der Waals surface area contributed by atoms with Crippen molar-refractivity contribution in [3.05, 3.63) is 24.0 Å². The first kappa shape index (κ1) is 16.3. The van der Waals surface area contributed by atoms with E-state index in [-0.39, 0.29) is 0 Å². The number of rotatable bonds is 13. The van der Waals surface area contributed by atoms with Gasteiger partial charge < -0.3 is 4.98 Å². The lowest BCUT2D eigenvalue weighted by Gasteiger charge is -2.02. The van der Waals surface area contributed by atoms with Crippen LogP contribution in [0.1, 0.15) is 89.5 Å². The molecule has 1 nitrogen and oxygen atoms in total. The van der Waals surface area contributed by atoms with E-state index in [2.05, 4.69) is 24.2 Å². The van der Waals surface area contributed by atoms with Crippen molar-refractivity contribution in [3.8, 4) is 0 Å². The van der Waals surface area contributed by atoms with Gasteiger partial charge in [-0.15, -0.1) is 0 Å². The second-order valence-electron chi connectivity index (χ2n) is 5.86. The second kappa shape index (κ2) is 12.3. The SMILES string of the molecule is CCCCCCCCCCCCCCc1cc[nH]c1. The first-order valence-electron chi connectivity index (χ1n) is 8.55. The molecule has 0 saturated heterocycles. The van der Waals surface area contributed by atoms with E-state index in [9.17, 15) is 0 Å². The number of hydrogen-bond acceptors (Lipinski definition) is 0. The first-order chi connectivity index (χ1) is 9.43. The van der Waals surface area contributed by atoms with Gasteiger partial charge in [0.15, 0.2) is 0 Å². The van der Waals surface area contributed by atoms with Crippen LogP contribution in [0.25, 0.3) is 0 Å². The Hall–Kier alpha value is -0.720. The van der Waals surface area contributed by atoms with E-state index < -0.39 is 0 Å². The third kappa shape index (κ3) is 9.81. The minimum Gasteiger partial charge on any atom is -0.367 e. The maximum Gasteiger partial charge on any atom is 0.00373 e. The normalized spacial score (nSPS) is 11.0. The molecule has 0 atom stereocenters. The maximum absolute atomic E-state index is 3.12. The molecule has 1 heteroatoms. The van der Waals surface area contributed by atoms with E-state index in [4.69, 9.17) is 0 Å². The fourth-order valence-electron chi connectivity index (χ4n) is 2.68.